The molecule has 0 aliphatic heterocycles. The zero-order valence-electron chi connectivity index (χ0n) is 13.3. The first-order valence-corrected chi connectivity index (χ1v) is 8.07. The van der Waals surface area contributed by atoms with Crippen molar-refractivity contribution in [2.45, 2.75) is 77.6 Å². The van der Waals surface area contributed by atoms with Crippen LogP contribution >= 0.6 is 0 Å². The summed E-state index contributed by atoms with van der Waals surface area (Å²) in [6, 6.07) is 0. The first-order chi connectivity index (χ1) is 9.66. The number of unbranched alkanes of at least 4 members (excludes halogenated alkanes) is 7. The maximum Gasteiger partial charge on any atom is 0.305 e. The van der Waals surface area contributed by atoms with Gasteiger partial charge in [0.25, 0.3) is 0 Å². The summed E-state index contributed by atoms with van der Waals surface area (Å²) in [6.45, 7) is 10.1. The van der Waals surface area contributed by atoms with E-state index in [1.807, 2.05) is 0 Å². The van der Waals surface area contributed by atoms with Gasteiger partial charge >= 0.3 is 5.97 Å². The summed E-state index contributed by atoms with van der Waals surface area (Å²) in [5.74, 6) is -0.0633. The second-order valence-corrected chi connectivity index (χ2v) is 5.58. The van der Waals surface area contributed by atoms with Gasteiger partial charge in [-0.05, 0) is 32.6 Å². The van der Waals surface area contributed by atoms with Crippen LogP contribution in [0.4, 0.5) is 0 Å². The van der Waals surface area contributed by atoms with Gasteiger partial charge in [0.2, 0.25) is 0 Å². The molecule has 0 unspecified atom stereocenters. The zero-order chi connectivity index (χ0) is 15.1. The minimum atomic E-state index is -0.0633. The molecule has 0 fully saturated rings. The third-order valence-corrected chi connectivity index (χ3v) is 3.32. The Bertz CT molecular complexity index is 269. The Morgan fingerprint density at radius 2 is 1.45 bits per heavy atom. The molecule has 116 valence electrons. The van der Waals surface area contributed by atoms with Crippen LogP contribution in [0.2, 0.25) is 0 Å². The molecule has 0 saturated heterocycles. The van der Waals surface area contributed by atoms with Crippen LogP contribution in [0.3, 0.4) is 0 Å². The third kappa shape index (κ3) is 15.0. The van der Waals surface area contributed by atoms with Gasteiger partial charge in [0.15, 0.2) is 0 Å². The monoisotopic (exact) mass is 280 g/mol. The number of carbonyl (C=O) groups is 1. The van der Waals surface area contributed by atoms with Crippen LogP contribution in [0.1, 0.15) is 77.6 Å². The quantitative estimate of drug-likeness (QED) is 0.236. The largest absolute Gasteiger partial charge is 0.465 e. The maximum absolute atomic E-state index is 11.3. The second kappa shape index (κ2) is 14.4. The van der Waals surface area contributed by atoms with Gasteiger partial charge in [0, 0.05) is 6.42 Å². The molecule has 0 radical (unpaired) electrons. The van der Waals surface area contributed by atoms with Gasteiger partial charge in [-0.25, -0.2) is 0 Å². The van der Waals surface area contributed by atoms with Crippen LogP contribution in [-0.2, 0) is 9.53 Å². The fourth-order valence-electron chi connectivity index (χ4n) is 2.09. The van der Waals surface area contributed by atoms with Gasteiger partial charge in [0.1, 0.15) is 0 Å². The van der Waals surface area contributed by atoms with Crippen LogP contribution in [0.25, 0.3) is 0 Å². The van der Waals surface area contributed by atoms with Crippen molar-refractivity contribution < 1.29 is 9.53 Å². The molecule has 0 aromatic carbocycles. The minimum Gasteiger partial charge on any atom is -0.465 e. The SMILES string of the molecule is C=CCCOC(=O)CCCCCCCCCCC(=C)C. The van der Waals surface area contributed by atoms with Crippen LogP contribution in [-0.4, -0.2) is 12.6 Å². The van der Waals surface area contributed by atoms with Crippen molar-refractivity contribution >= 4 is 5.97 Å². The maximum atomic E-state index is 11.3. The Hall–Kier alpha value is -1.05. The van der Waals surface area contributed by atoms with Crippen molar-refractivity contribution in [3.05, 3.63) is 24.8 Å². The Morgan fingerprint density at radius 1 is 0.950 bits per heavy atom. The molecule has 0 spiro atoms. The molecule has 0 heterocycles. The molecule has 0 N–H and O–H groups in total. The zero-order valence-corrected chi connectivity index (χ0v) is 13.3. The highest BCUT2D eigenvalue weighted by molar-refractivity contribution is 5.69. The summed E-state index contributed by atoms with van der Waals surface area (Å²) < 4.78 is 5.06. The first kappa shape index (κ1) is 18.9. The van der Waals surface area contributed by atoms with Crippen molar-refractivity contribution in [1.82, 2.24) is 0 Å². The first-order valence-electron chi connectivity index (χ1n) is 8.07. The molecule has 2 nitrogen and oxygen atoms in total. The van der Waals surface area contributed by atoms with Gasteiger partial charge in [-0.2, -0.15) is 0 Å². The molecule has 0 saturated carbocycles. The lowest BCUT2D eigenvalue weighted by Crippen LogP contribution is -2.04. The van der Waals surface area contributed by atoms with E-state index in [-0.39, 0.29) is 5.97 Å². The van der Waals surface area contributed by atoms with Crippen molar-refractivity contribution in [2.75, 3.05) is 6.61 Å². The van der Waals surface area contributed by atoms with Gasteiger partial charge in [-0.1, -0.05) is 50.2 Å². The molecule has 0 aromatic rings. The Morgan fingerprint density at radius 3 is 1.95 bits per heavy atom. The number of rotatable bonds is 14. The van der Waals surface area contributed by atoms with Crippen LogP contribution in [0.15, 0.2) is 24.8 Å². The van der Waals surface area contributed by atoms with Crippen molar-refractivity contribution in [3.63, 3.8) is 0 Å². The van der Waals surface area contributed by atoms with Gasteiger partial charge in [-0.3, -0.25) is 4.79 Å². The molecule has 0 amide bonds. The molecular weight excluding hydrogens is 248 g/mol. The summed E-state index contributed by atoms with van der Waals surface area (Å²) >= 11 is 0. The van der Waals surface area contributed by atoms with Crippen molar-refractivity contribution in [3.8, 4) is 0 Å². The predicted molar refractivity (Wildman–Crippen MR) is 86.8 cm³/mol. The average molecular weight is 280 g/mol. The molecule has 20 heavy (non-hydrogen) atoms. The lowest BCUT2D eigenvalue weighted by Gasteiger charge is -2.04. The number of carbonyl (C=O) groups excluding carboxylic acids is 1. The van der Waals surface area contributed by atoms with Crippen molar-refractivity contribution in [2.24, 2.45) is 0 Å². The summed E-state index contributed by atoms with van der Waals surface area (Å²) in [5, 5.41) is 0. The summed E-state index contributed by atoms with van der Waals surface area (Å²) in [6.07, 6.45) is 14.1. The van der Waals surface area contributed by atoms with Gasteiger partial charge in [-0.15, -0.1) is 13.2 Å². The van der Waals surface area contributed by atoms with Crippen LogP contribution in [0.5, 0.6) is 0 Å². The number of hydrogen-bond acceptors (Lipinski definition) is 2. The molecular formula is C18H32O2. The predicted octanol–water partition coefficient (Wildman–Crippen LogP) is 5.58. The van der Waals surface area contributed by atoms with Crippen LogP contribution < -0.4 is 0 Å². The molecule has 0 rings (SSSR count). The lowest BCUT2D eigenvalue weighted by atomic mass is 10.0. The molecule has 0 aromatic heterocycles. The number of allylic oxidation sites excluding steroid dienone is 1. The Balaban J connectivity index is 3.14. The molecule has 0 bridgehead atoms. The van der Waals surface area contributed by atoms with E-state index in [1.54, 1.807) is 6.08 Å². The third-order valence-electron chi connectivity index (χ3n) is 3.32. The number of esters is 1. The van der Waals surface area contributed by atoms with E-state index in [4.69, 9.17) is 4.74 Å². The normalized spacial score (nSPS) is 10.2. The second-order valence-electron chi connectivity index (χ2n) is 5.58. The number of ether oxygens (including phenoxy) is 1. The Labute approximate surface area is 125 Å². The lowest BCUT2D eigenvalue weighted by molar-refractivity contribution is -0.143. The van der Waals surface area contributed by atoms with E-state index >= 15 is 0 Å². The molecule has 2 heteroatoms. The molecule has 0 aliphatic carbocycles. The van der Waals surface area contributed by atoms with E-state index in [0.29, 0.717) is 13.0 Å². The highest BCUT2D eigenvalue weighted by Gasteiger charge is 2.01. The van der Waals surface area contributed by atoms with E-state index in [0.717, 1.165) is 19.3 Å². The summed E-state index contributed by atoms with van der Waals surface area (Å²) in [5.41, 5.74) is 1.30. The van der Waals surface area contributed by atoms with E-state index in [1.165, 1.54) is 50.5 Å². The van der Waals surface area contributed by atoms with E-state index in [9.17, 15) is 4.79 Å². The van der Waals surface area contributed by atoms with Crippen LogP contribution in [0, 0.1) is 0 Å². The fourth-order valence-corrected chi connectivity index (χ4v) is 2.09. The fraction of sp³-hybridized carbons (Fsp3) is 0.722. The average Bonchev–Trinajstić information content (AvgIpc) is 2.41. The topological polar surface area (TPSA) is 26.3 Å². The standard InChI is InChI=1S/C18H32O2/c1-4-5-16-20-18(19)15-13-11-9-7-6-8-10-12-14-17(2)3/h4H,1-2,5-16H2,3H3. The molecule has 0 atom stereocenters. The summed E-state index contributed by atoms with van der Waals surface area (Å²) in [7, 11) is 0. The van der Waals surface area contributed by atoms with Gasteiger partial charge in [0.05, 0.1) is 6.61 Å². The van der Waals surface area contributed by atoms with Gasteiger partial charge < -0.3 is 4.74 Å². The minimum absolute atomic E-state index is 0.0633. The highest BCUT2D eigenvalue weighted by Crippen LogP contribution is 2.12. The molecule has 0 aliphatic rings. The number of hydrogen-bond donors (Lipinski definition) is 0. The highest BCUT2D eigenvalue weighted by atomic mass is 16.5. The van der Waals surface area contributed by atoms with E-state index in [2.05, 4.69) is 20.1 Å². The van der Waals surface area contributed by atoms with Crippen molar-refractivity contribution in [1.29, 1.82) is 0 Å². The summed E-state index contributed by atoms with van der Waals surface area (Å²) in [4.78, 5) is 11.3. The Kier molecular flexibility index (Phi) is 13.6. The van der Waals surface area contributed by atoms with E-state index < -0.39 is 0 Å². The smallest absolute Gasteiger partial charge is 0.305 e.